The first-order valence-corrected chi connectivity index (χ1v) is 6.86. The van der Waals surface area contributed by atoms with Crippen molar-refractivity contribution in [2.75, 3.05) is 25.0 Å². The summed E-state index contributed by atoms with van der Waals surface area (Å²) < 4.78 is 0. The van der Waals surface area contributed by atoms with Crippen molar-refractivity contribution in [2.45, 2.75) is 25.8 Å². The number of nitro benzene ring substituents is 1. The first kappa shape index (κ1) is 14.5. The number of benzene rings is 1. The fourth-order valence-electron chi connectivity index (χ4n) is 2.51. The van der Waals surface area contributed by atoms with E-state index in [9.17, 15) is 14.9 Å². The van der Waals surface area contributed by atoms with Crippen LogP contribution < -0.4 is 5.32 Å². The van der Waals surface area contributed by atoms with Crippen LogP contribution in [0.2, 0.25) is 0 Å². The largest absolute Gasteiger partial charge is 0.377 e. The molecule has 1 saturated heterocycles. The highest BCUT2D eigenvalue weighted by atomic mass is 16.6. The van der Waals surface area contributed by atoms with Crippen LogP contribution in [0.4, 0.5) is 11.4 Å². The molecule has 1 fully saturated rings. The van der Waals surface area contributed by atoms with Crippen LogP contribution >= 0.6 is 0 Å². The zero-order chi connectivity index (χ0) is 14.5. The van der Waals surface area contributed by atoms with Crippen LogP contribution in [-0.4, -0.2) is 41.8 Å². The van der Waals surface area contributed by atoms with Gasteiger partial charge in [-0.05, 0) is 31.5 Å². The Balaban J connectivity index is 2.09. The van der Waals surface area contributed by atoms with Crippen molar-refractivity contribution in [1.29, 1.82) is 0 Å². The number of hydrogen-bond donors (Lipinski definition) is 1. The van der Waals surface area contributed by atoms with Crippen molar-refractivity contribution in [3.05, 3.63) is 33.9 Å². The van der Waals surface area contributed by atoms with Gasteiger partial charge in [0.05, 0.1) is 4.92 Å². The average Bonchev–Trinajstić information content (AvgIpc) is 2.48. The Morgan fingerprint density at radius 2 is 2.15 bits per heavy atom. The van der Waals surface area contributed by atoms with Gasteiger partial charge in [-0.15, -0.1) is 0 Å². The Hall–Kier alpha value is -1.95. The van der Waals surface area contributed by atoms with Crippen molar-refractivity contribution < 1.29 is 9.72 Å². The van der Waals surface area contributed by atoms with Crippen LogP contribution in [0, 0.1) is 10.1 Å². The van der Waals surface area contributed by atoms with Gasteiger partial charge in [-0.1, -0.05) is 6.92 Å². The molecule has 1 heterocycles. The number of piperidine rings is 1. The van der Waals surface area contributed by atoms with Gasteiger partial charge < -0.3 is 10.2 Å². The van der Waals surface area contributed by atoms with E-state index in [1.54, 1.807) is 12.1 Å². The SMILES string of the molecule is CCN1CCC(Nc2ccc(C=O)cc2[N+](=O)[O-])CC1. The molecule has 0 saturated carbocycles. The third-order valence-corrected chi connectivity index (χ3v) is 3.75. The highest BCUT2D eigenvalue weighted by molar-refractivity contribution is 5.79. The minimum atomic E-state index is -0.448. The molecular formula is C14H19N3O3. The van der Waals surface area contributed by atoms with E-state index in [4.69, 9.17) is 0 Å². The van der Waals surface area contributed by atoms with Crippen LogP contribution in [-0.2, 0) is 0 Å². The average molecular weight is 277 g/mol. The molecule has 0 amide bonds. The van der Waals surface area contributed by atoms with E-state index in [1.807, 2.05) is 0 Å². The zero-order valence-electron chi connectivity index (χ0n) is 11.5. The third-order valence-electron chi connectivity index (χ3n) is 3.75. The predicted molar refractivity (Wildman–Crippen MR) is 77.2 cm³/mol. The van der Waals surface area contributed by atoms with Crippen LogP contribution in [0.3, 0.4) is 0 Å². The first-order valence-electron chi connectivity index (χ1n) is 6.86. The van der Waals surface area contributed by atoms with Crippen molar-refractivity contribution in [2.24, 2.45) is 0 Å². The minimum Gasteiger partial charge on any atom is -0.377 e. The molecule has 6 nitrogen and oxygen atoms in total. The smallest absolute Gasteiger partial charge is 0.293 e. The monoisotopic (exact) mass is 277 g/mol. The van der Waals surface area contributed by atoms with Gasteiger partial charge >= 0.3 is 0 Å². The summed E-state index contributed by atoms with van der Waals surface area (Å²) >= 11 is 0. The van der Waals surface area contributed by atoms with E-state index < -0.39 is 4.92 Å². The van der Waals surface area contributed by atoms with Gasteiger partial charge in [-0.2, -0.15) is 0 Å². The fourth-order valence-corrected chi connectivity index (χ4v) is 2.51. The molecule has 0 aliphatic carbocycles. The number of carbonyl (C=O) groups is 1. The molecule has 1 aromatic carbocycles. The van der Waals surface area contributed by atoms with Crippen molar-refractivity contribution in [1.82, 2.24) is 4.90 Å². The van der Waals surface area contributed by atoms with Crippen molar-refractivity contribution in [3.8, 4) is 0 Å². The quantitative estimate of drug-likeness (QED) is 0.508. The second-order valence-electron chi connectivity index (χ2n) is 5.00. The number of nitrogens with zero attached hydrogens (tertiary/aromatic N) is 2. The number of carbonyl (C=O) groups excluding carboxylic acids is 1. The van der Waals surface area contributed by atoms with Gasteiger partial charge in [0.2, 0.25) is 0 Å². The van der Waals surface area contributed by atoms with Gasteiger partial charge in [-0.3, -0.25) is 14.9 Å². The van der Waals surface area contributed by atoms with Crippen LogP contribution in [0.1, 0.15) is 30.1 Å². The van der Waals surface area contributed by atoms with E-state index in [2.05, 4.69) is 17.1 Å². The normalized spacial score (nSPS) is 16.9. The van der Waals surface area contributed by atoms with Gasteiger partial charge in [-0.25, -0.2) is 0 Å². The minimum absolute atomic E-state index is 0.0347. The summed E-state index contributed by atoms with van der Waals surface area (Å²) in [5.74, 6) is 0. The summed E-state index contributed by atoms with van der Waals surface area (Å²) in [6, 6.07) is 4.78. The Labute approximate surface area is 117 Å². The number of anilines is 1. The lowest BCUT2D eigenvalue weighted by Gasteiger charge is -2.31. The Morgan fingerprint density at radius 3 is 2.70 bits per heavy atom. The summed E-state index contributed by atoms with van der Waals surface area (Å²) in [6.07, 6.45) is 2.57. The topological polar surface area (TPSA) is 75.5 Å². The lowest BCUT2D eigenvalue weighted by Crippen LogP contribution is -2.38. The molecule has 0 aromatic heterocycles. The molecule has 1 N–H and O–H groups in total. The predicted octanol–water partition coefficient (Wildman–Crippen LogP) is 2.30. The summed E-state index contributed by atoms with van der Waals surface area (Å²) in [4.78, 5) is 23.7. The molecule has 0 spiro atoms. The van der Waals surface area contributed by atoms with E-state index in [0.717, 1.165) is 32.5 Å². The molecule has 0 bridgehead atoms. The van der Waals surface area contributed by atoms with Crippen molar-refractivity contribution >= 4 is 17.7 Å². The Morgan fingerprint density at radius 1 is 1.45 bits per heavy atom. The molecule has 0 radical (unpaired) electrons. The van der Waals surface area contributed by atoms with Crippen LogP contribution in [0.25, 0.3) is 0 Å². The zero-order valence-corrected chi connectivity index (χ0v) is 11.5. The molecule has 2 rings (SSSR count). The fraction of sp³-hybridized carbons (Fsp3) is 0.500. The first-order chi connectivity index (χ1) is 9.63. The molecule has 6 heteroatoms. The molecule has 0 unspecified atom stereocenters. The van der Waals surface area contributed by atoms with E-state index in [0.29, 0.717) is 17.5 Å². The molecule has 108 valence electrons. The third kappa shape index (κ3) is 3.33. The summed E-state index contributed by atoms with van der Waals surface area (Å²) in [5, 5.41) is 14.3. The van der Waals surface area contributed by atoms with Gasteiger partial charge in [0.25, 0.3) is 5.69 Å². The molecule has 20 heavy (non-hydrogen) atoms. The highest BCUT2D eigenvalue weighted by Gasteiger charge is 2.21. The maximum absolute atomic E-state index is 11.1. The Kier molecular flexibility index (Phi) is 4.68. The number of nitro groups is 1. The lowest BCUT2D eigenvalue weighted by molar-refractivity contribution is -0.384. The van der Waals surface area contributed by atoms with Crippen LogP contribution in [0.15, 0.2) is 18.2 Å². The van der Waals surface area contributed by atoms with E-state index in [-0.39, 0.29) is 11.7 Å². The highest BCUT2D eigenvalue weighted by Crippen LogP contribution is 2.27. The van der Waals surface area contributed by atoms with Gasteiger partial charge in [0, 0.05) is 30.8 Å². The van der Waals surface area contributed by atoms with Crippen molar-refractivity contribution in [3.63, 3.8) is 0 Å². The number of rotatable bonds is 5. The number of aldehydes is 1. The number of hydrogen-bond acceptors (Lipinski definition) is 5. The standard InChI is InChI=1S/C14H19N3O3/c1-2-16-7-5-12(6-8-16)15-13-4-3-11(10-18)9-14(13)17(19)20/h3-4,9-10,12,15H,2,5-8H2,1H3. The second-order valence-corrected chi connectivity index (χ2v) is 5.00. The van der Waals surface area contributed by atoms with Gasteiger partial charge in [0.1, 0.15) is 12.0 Å². The molecular weight excluding hydrogens is 258 g/mol. The summed E-state index contributed by atoms with van der Waals surface area (Å²) in [6.45, 7) is 5.19. The van der Waals surface area contributed by atoms with Crippen LogP contribution in [0.5, 0.6) is 0 Å². The molecule has 1 aromatic rings. The lowest BCUT2D eigenvalue weighted by atomic mass is 10.0. The Bertz CT molecular complexity index is 496. The summed E-state index contributed by atoms with van der Waals surface area (Å²) in [7, 11) is 0. The molecule has 1 aliphatic heterocycles. The maximum Gasteiger partial charge on any atom is 0.293 e. The second kappa shape index (κ2) is 6.47. The number of nitrogens with one attached hydrogen (secondary N) is 1. The van der Waals surface area contributed by atoms with E-state index >= 15 is 0 Å². The summed E-state index contributed by atoms with van der Waals surface area (Å²) in [5.41, 5.74) is 0.783. The number of likely N-dealkylation sites (tertiary alicyclic amines) is 1. The maximum atomic E-state index is 11.1. The van der Waals surface area contributed by atoms with Gasteiger partial charge in [0.15, 0.2) is 0 Å². The molecule has 0 atom stereocenters. The molecule has 1 aliphatic rings. The van der Waals surface area contributed by atoms with E-state index in [1.165, 1.54) is 6.07 Å².